The van der Waals surface area contributed by atoms with Crippen LogP contribution in [0, 0.1) is 11.7 Å². The summed E-state index contributed by atoms with van der Waals surface area (Å²) >= 11 is 0. The first-order chi connectivity index (χ1) is 14.3. The second-order valence-electron chi connectivity index (χ2n) is 7.62. The van der Waals surface area contributed by atoms with E-state index in [9.17, 15) is 14.7 Å². The van der Waals surface area contributed by atoms with Crippen LogP contribution in [-0.4, -0.2) is 43.1 Å². The Morgan fingerprint density at radius 1 is 1.27 bits per heavy atom. The van der Waals surface area contributed by atoms with Crippen LogP contribution in [0.25, 0.3) is 11.3 Å². The van der Waals surface area contributed by atoms with Gasteiger partial charge in [0.2, 0.25) is 5.43 Å². The molecule has 1 aliphatic heterocycles. The maximum Gasteiger partial charge on any atom is 0.341 e. The summed E-state index contributed by atoms with van der Waals surface area (Å²) < 4.78 is 33.0. The van der Waals surface area contributed by atoms with Crippen LogP contribution < -0.4 is 14.9 Å². The molecule has 1 N–H and O–H groups in total. The van der Waals surface area contributed by atoms with Crippen molar-refractivity contribution >= 4 is 5.97 Å². The predicted octanol–water partition coefficient (Wildman–Crippen LogP) is 3.53. The monoisotopic (exact) mass is 419 g/mol. The average molecular weight is 419 g/mol. The second kappa shape index (κ2) is 8.87. The van der Waals surface area contributed by atoms with Gasteiger partial charge in [0.05, 0.1) is 19.4 Å². The van der Waals surface area contributed by atoms with E-state index in [4.69, 9.17) is 14.2 Å². The Labute approximate surface area is 174 Å². The van der Waals surface area contributed by atoms with Crippen LogP contribution in [0.2, 0.25) is 0 Å². The molecule has 0 amide bonds. The van der Waals surface area contributed by atoms with Crippen LogP contribution in [0.5, 0.6) is 11.5 Å². The zero-order valence-corrected chi connectivity index (χ0v) is 17.5. The quantitative estimate of drug-likeness (QED) is 0.659. The minimum absolute atomic E-state index is 0.0774. The molecular weight excluding hydrogens is 393 g/mol. The highest BCUT2D eigenvalue weighted by Gasteiger charge is 2.32. The van der Waals surface area contributed by atoms with Crippen molar-refractivity contribution in [1.29, 1.82) is 0 Å². The molecule has 7 nitrogen and oxygen atoms in total. The molecule has 0 bridgehead atoms. The van der Waals surface area contributed by atoms with Crippen molar-refractivity contribution in [3.8, 4) is 22.8 Å². The lowest BCUT2D eigenvalue weighted by Crippen LogP contribution is -2.30. The third-order valence-electron chi connectivity index (χ3n) is 5.36. The number of hydrogen-bond acceptors (Lipinski definition) is 5. The molecule has 1 aromatic heterocycles. The summed E-state index contributed by atoms with van der Waals surface area (Å²) in [6.45, 7) is 4.95. The zero-order valence-electron chi connectivity index (χ0n) is 17.5. The first-order valence-electron chi connectivity index (χ1n) is 9.81. The number of fused-ring (bicyclic) bond motifs is 3. The Bertz CT molecular complexity index is 1010. The predicted molar refractivity (Wildman–Crippen MR) is 109 cm³/mol. The van der Waals surface area contributed by atoms with Gasteiger partial charge in [-0.2, -0.15) is 0 Å². The molecule has 0 saturated heterocycles. The summed E-state index contributed by atoms with van der Waals surface area (Å²) in [4.78, 5) is 23.8. The number of rotatable bonds is 8. The molecule has 0 fully saturated rings. The summed E-state index contributed by atoms with van der Waals surface area (Å²) in [5, 5.41) is 9.33. The van der Waals surface area contributed by atoms with Crippen LogP contribution in [0.4, 0.5) is 4.39 Å². The van der Waals surface area contributed by atoms with Crippen LogP contribution in [0.1, 0.15) is 42.2 Å². The molecular formula is C22H26FNO6. The molecule has 1 aromatic carbocycles. The van der Waals surface area contributed by atoms with Crippen LogP contribution in [-0.2, 0) is 11.2 Å². The van der Waals surface area contributed by atoms with E-state index in [1.807, 2.05) is 19.9 Å². The number of carbonyl (C=O) groups is 1. The fraction of sp³-hybridized carbons (Fsp3) is 0.455. The summed E-state index contributed by atoms with van der Waals surface area (Å²) in [6, 6.07) is 3.25. The number of carboxylic acids is 1. The Kier molecular flexibility index (Phi) is 6.45. The molecule has 0 spiro atoms. The molecule has 3 rings (SSSR count). The summed E-state index contributed by atoms with van der Waals surface area (Å²) in [6.07, 6.45) is 2.49. The lowest BCUT2D eigenvalue weighted by Gasteiger charge is -2.34. The number of pyridine rings is 1. The standard InChI is InChI=1S/C22H26FNO6/c1-12(2)16-8-13-9-18(30-7-5-6-28-3)17(29-4)10-14(13)20-19(23)21(25)15(22(26)27)11-24(16)20/h9-12,16H,5-8H2,1-4H3,(H,26,27)/t16-/m1/s1. The van der Waals surface area contributed by atoms with E-state index in [0.717, 1.165) is 5.56 Å². The van der Waals surface area contributed by atoms with Gasteiger partial charge in [-0.15, -0.1) is 0 Å². The number of benzene rings is 1. The number of hydrogen-bond donors (Lipinski definition) is 1. The highest BCUT2D eigenvalue weighted by atomic mass is 19.1. The molecule has 0 radical (unpaired) electrons. The van der Waals surface area contributed by atoms with E-state index < -0.39 is 22.8 Å². The van der Waals surface area contributed by atoms with Crippen molar-refractivity contribution < 1.29 is 28.5 Å². The minimum Gasteiger partial charge on any atom is -0.493 e. The Morgan fingerprint density at radius 2 is 2.00 bits per heavy atom. The van der Waals surface area contributed by atoms with Gasteiger partial charge in [0, 0.05) is 37.9 Å². The Hall–Kier alpha value is -2.87. The Morgan fingerprint density at radius 3 is 2.60 bits per heavy atom. The number of methoxy groups -OCH3 is 2. The lowest BCUT2D eigenvalue weighted by molar-refractivity contribution is 0.0693. The average Bonchev–Trinajstić information content (AvgIpc) is 2.71. The summed E-state index contributed by atoms with van der Waals surface area (Å²) in [7, 11) is 3.11. The normalized spacial score (nSPS) is 14.9. The number of halogens is 1. The van der Waals surface area contributed by atoms with Gasteiger partial charge in [-0.05, 0) is 30.0 Å². The minimum atomic E-state index is -1.44. The first-order valence-corrected chi connectivity index (χ1v) is 9.81. The fourth-order valence-electron chi connectivity index (χ4n) is 3.80. The second-order valence-corrected chi connectivity index (χ2v) is 7.62. The van der Waals surface area contributed by atoms with Gasteiger partial charge in [-0.1, -0.05) is 13.8 Å². The van der Waals surface area contributed by atoms with Gasteiger partial charge >= 0.3 is 5.97 Å². The molecule has 2 heterocycles. The fourth-order valence-corrected chi connectivity index (χ4v) is 3.80. The highest BCUT2D eigenvalue weighted by molar-refractivity contribution is 5.88. The molecule has 1 aliphatic rings. The van der Waals surface area contributed by atoms with Crippen LogP contribution >= 0.6 is 0 Å². The van der Waals surface area contributed by atoms with Crippen molar-refractivity contribution in [2.75, 3.05) is 27.4 Å². The van der Waals surface area contributed by atoms with Crippen molar-refractivity contribution in [2.24, 2.45) is 5.92 Å². The van der Waals surface area contributed by atoms with Crippen LogP contribution in [0.15, 0.2) is 23.1 Å². The van der Waals surface area contributed by atoms with Gasteiger partial charge in [0.25, 0.3) is 0 Å². The van der Waals surface area contributed by atoms with E-state index in [1.54, 1.807) is 17.7 Å². The molecule has 30 heavy (non-hydrogen) atoms. The summed E-state index contributed by atoms with van der Waals surface area (Å²) in [5.74, 6) is -1.49. The first kappa shape index (κ1) is 21.8. The highest BCUT2D eigenvalue weighted by Crippen LogP contribution is 2.43. The Balaban J connectivity index is 2.17. The third-order valence-corrected chi connectivity index (χ3v) is 5.36. The van der Waals surface area contributed by atoms with Crippen molar-refractivity contribution in [3.05, 3.63) is 45.5 Å². The van der Waals surface area contributed by atoms with Crippen molar-refractivity contribution in [2.45, 2.75) is 32.7 Å². The maximum absolute atomic E-state index is 15.2. The van der Waals surface area contributed by atoms with E-state index in [1.165, 1.54) is 13.3 Å². The van der Waals surface area contributed by atoms with Gasteiger partial charge in [-0.25, -0.2) is 9.18 Å². The van der Waals surface area contributed by atoms with E-state index >= 15 is 4.39 Å². The molecule has 2 aromatic rings. The third kappa shape index (κ3) is 3.92. The number of ether oxygens (including phenoxy) is 3. The lowest BCUT2D eigenvalue weighted by atomic mass is 9.87. The van der Waals surface area contributed by atoms with E-state index in [2.05, 4.69) is 0 Å². The molecule has 0 saturated carbocycles. The van der Waals surface area contributed by atoms with Gasteiger partial charge in [0.15, 0.2) is 17.3 Å². The van der Waals surface area contributed by atoms with Crippen LogP contribution in [0.3, 0.4) is 0 Å². The molecule has 1 atom stereocenters. The van der Waals surface area contributed by atoms with E-state index in [0.29, 0.717) is 43.1 Å². The smallest absolute Gasteiger partial charge is 0.341 e. The maximum atomic E-state index is 15.2. The topological polar surface area (TPSA) is 87.0 Å². The number of aromatic nitrogens is 1. The summed E-state index contributed by atoms with van der Waals surface area (Å²) in [5.41, 5.74) is -0.301. The molecule has 0 unspecified atom stereocenters. The molecule has 8 heteroatoms. The van der Waals surface area contributed by atoms with Gasteiger partial charge in [0.1, 0.15) is 5.56 Å². The largest absolute Gasteiger partial charge is 0.493 e. The van der Waals surface area contributed by atoms with Gasteiger partial charge in [-0.3, -0.25) is 4.79 Å². The van der Waals surface area contributed by atoms with E-state index in [-0.39, 0.29) is 17.7 Å². The number of aromatic carboxylic acids is 1. The van der Waals surface area contributed by atoms with Crippen molar-refractivity contribution in [3.63, 3.8) is 0 Å². The zero-order chi connectivity index (χ0) is 22.0. The molecule has 0 aliphatic carbocycles. The van der Waals surface area contributed by atoms with Gasteiger partial charge < -0.3 is 23.9 Å². The number of carboxylic acid groups (broad SMARTS) is 1. The molecule has 162 valence electrons. The van der Waals surface area contributed by atoms with Crippen molar-refractivity contribution in [1.82, 2.24) is 4.57 Å². The number of nitrogens with zero attached hydrogens (tertiary/aromatic N) is 1. The SMILES string of the molecule is COCCCOc1cc2c(cc1OC)-c1c(F)c(=O)c(C(=O)O)cn1[C@@H](C(C)C)C2.